The third-order valence-electron chi connectivity index (χ3n) is 6.02. The average molecular weight is 523 g/mol. The summed E-state index contributed by atoms with van der Waals surface area (Å²) in [5, 5.41) is 7.13. The molecule has 11 heteroatoms. The molecule has 5 rings (SSSR count). The van der Waals surface area contributed by atoms with Gasteiger partial charge in [0, 0.05) is 35.9 Å². The van der Waals surface area contributed by atoms with Crippen LogP contribution < -0.4 is 15.5 Å². The summed E-state index contributed by atoms with van der Waals surface area (Å²) in [6.07, 6.45) is 2.56. The number of imidazole rings is 1. The van der Waals surface area contributed by atoms with Crippen LogP contribution in [-0.4, -0.2) is 38.1 Å². The molecule has 1 amide bonds. The molecule has 0 bridgehead atoms. The van der Waals surface area contributed by atoms with Crippen molar-refractivity contribution in [2.75, 3.05) is 7.11 Å². The summed E-state index contributed by atoms with van der Waals surface area (Å²) in [5.74, 6) is 7.38. The minimum atomic E-state index is -2.78. The van der Waals surface area contributed by atoms with Gasteiger partial charge in [0.25, 0.3) is 12.3 Å². The number of aromatic nitrogens is 3. The molecule has 1 aromatic carbocycles. The SMILES string of the molecule is COc1cnc(C(F)F)cc1-c1cc(-c2cn(C)c(C)n2)ccc1C(=O)NC1=NNC(C#CC2CC2)S1. The Labute approximate surface area is 216 Å². The average Bonchev–Trinajstić information content (AvgIpc) is 3.53. The molecule has 3 heterocycles. The monoisotopic (exact) mass is 522 g/mol. The predicted molar refractivity (Wildman–Crippen MR) is 138 cm³/mol. The fourth-order valence-electron chi connectivity index (χ4n) is 3.76. The number of carbonyl (C=O) groups excluding carboxylic acids is 1. The second kappa shape index (κ2) is 10.2. The molecule has 8 nitrogen and oxygen atoms in total. The summed E-state index contributed by atoms with van der Waals surface area (Å²) in [6, 6.07) is 6.41. The second-order valence-electron chi connectivity index (χ2n) is 8.72. The molecule has 2 aromatic heterocycles. The van der Waals surface area contributed by atoms with Gasteiger partial charge in [-0.1, -0.05) is 17.9 Å². The number of nitrogens with zero attached hydrogens (tertiary/aromatic N) is 4. The van der Waals surface area contributed by atoms with Crippen LogP contribution in [0.15, 0.2) is 41.8 Å². The summed E-state index contributed by atoms with van der Waals surface area (Å²) < 4.78 is 34.4. The van der Waals surface area contributed by atoms with Gasteiger partial charge >= 0.3 is 0 Å². The predicted octanol–water partition coefficient (Wildman–Crippen LogP) is 4.48. The molecule has 0 saturated heterocycles. The van der Waals surface area contributed by atoms with Crippen molar-refractivity contribution in [1.29, 1.82) is 0 Å². The third-order valence-corrected chi connectivity index (χ3v) is 6.90. The highest BCUT2D eigenvalue weighted by Crippen LogP contribution is 2.37. The number of carbonyl (C=O) groups is 1. The van der Waals surface area contributed by atoms with Gasteiger partial charge in [0.05, 0.1) is 19.0 Å². The Hall–Kier alpha value is -3.91. The molecule has 1 aliphatic carbocycles. The molecule has 190 valence electrons. The van der Waals surface area contributed by atoms with Gasteiger partial charge in [-0.15, -0.1) is 0 Å². The van der Waals surface area contributed by atoms with Gasteiger partial charge in [0.1, 0.15) is 17.3 Å². The van der Waals surface area contributed by atoms with Crippen molar-refractivity contribution in [2.45, 2.75) is 31.6 Å². The number of thioether (sulfide) groups is 1. The summed E-state index contributed by atoms with van der Waals surface area (Å²) in [6.45, 7) is 1.88. The Morgan fingerprint density at radius 2 is 2.08 bits per heavy atom. The van der Waals surface area contributed by atoms with Crippen LogP contribution in [0.1, 0.15) is 41.1 Å². The Morgan fingerprint density at radius 1 is 1.27 bits per heavy atom. The Bertz CT molecular complexity index is 1440. The lowest BCUT2D eigenvalue weighted by atomic mass is 9.95. The fraction of sp³-hybridized carbons (Fsp3) is 0.308. The largest absolute Gasteiger partial charge is 0.494 e. The molecule has 2 aliphatic rings. The van der Waals surface area contributed by atoms with Crippen LogP contribution in [0.3, 0.4) is 0 Å². The lowest BCUT2D eigenvalue weighted by Crippen LogP contribution is -2.28. The normalized spacial score (nSPS) is 16.6. The third kappa shape index (κ3) is 5.44. The number of benzene rings is 1. The molecule has 0 spiro atoms. The van der Waals surface area contributed by atoms with Crippen LogP contribution in [0.4, 0.5) is 8.78 Å². The first-order valence-corrected chi connectivity index (χ1v) is 12.5. The minimum absolute atomic E-state index is 0.237. The highest BCUT2D eigenvalue weighted by molar-refractivity contribution is 8.14. The van der Waals surface area contributed by atoms with Crippen molar-refractivity contribution >= 4 is 22.8 Å². The number of amides is 1. The van der Waals surface area contributed by atoms with Gasteiger partial charge in [-0.2, -0.15) is 5.10 Å². The number of alkyl halides is 2. The van der Waals surface area contributed by atoms with Gasteiger partial charge in [0.15, 0.2) is 10.5 Å². The summed E-state index contributed by atoms with van der Waals surface area (Å²) in [5.41, 5.74) is 4.88. The van der Waals surface area contributed by atoms with Gasteiger partial charge < -0.3 is 9.30 Å². The molecule has 1 unspecified atom stereocenters. The van der Waals surface area contributed by atoms with Crippen LogP contribution in [-0.2, 0) is 7.05 Å². The Kier molecular flexibility index (Phi) is 6.84. The van der Waals surface area contributed by atoms with E-state index in [9.17, 15) is 13.6 Å². The molecule has 2 N–H and O–H groups in total. The second-order valence-corrected chi connectivity index (χ2v) is 9.81. The van der Waals surface area contributed by atoms with Gasteiger partial charge in [-0.25, -0.2) is 13.8 Å². The van der Waals surface area contributed by atoms with Crippen LogP contribution in [0, 0.1) is 24.7 Å². The van der Waals surface area contributed by atoms with Gasteiger partial charge in [0.2, 0.25) is 0 Å². The molecule has 1 atom stereocenters. The van der Waals surface area contributed by atoms with Crippen LogP contribution in [0.5, 0.6) is 5.75 Å². The molecule has 3 aromatic rings. The molecular weight excluding hydrogens is 498 g/mol. The van der Waals surface area contributed by atoms with E-state index in [-0.39, 0.29) is 16.7 Å². The zero-order valence-electron chi connectivity index (χ0n) is 20.4. The Balaban J connectivity index is 1.51. The lowest BCUT2D eigenvalue weighted by molar-refractivity contribution is 0.0978. The zero-order chi connectivity index (χ0) is 26.1. The minimum Gasteiger partial charge on any atom is -0.494 e. The first kappa shape index (κ1) is 24.8. The number of aryl methyl sites for hydroxylation is 2. The van der Waals surface area contributed by atoms with E-state index in [1.165, 1.54) is 31.1 Å². The maximum absolute atomic E-state index is 13.5. The quantitative estimate of drug-likeness (QED) is 0.480. The van der Waals surface area contributed by atoms with E-state index in [4.69, 9.17) is 4.74 Å². The van der Waals surface area contributed by atoms with Gasteiger partial charge in [-0.05, 0) is 55.3 Å². The van der Waals surface area contributed by atoms with Crippen molar-refractivity contribution in [3.05, 3.63) is 53.7 Å². The topological polar surface area (TPSA) is 93.4 Å². The lowest BCUT2D eigenvalue weighted by Gasteiger charge is -2.15. The fourth-order valence-corrected chi connectivity index (χ4v) is 4.47. The molecule has 1 fully saturated rings. The number of pyridine rings is 1. The maximum atomic E-state index is 13.5. The smallest absolute Gasteiger partial charge is 0.280 e. The van der Waals surface area contributed by atoms with Crippen LogP contribution >= 0.6 is 11.8 Å². The van der Waals surface area contributed by atoms with E-state index in [2.05, 4.69) is 37.7 Å². The van der Waals surface area contributed by atoms with E-state index >= 15 is 0 Å². The molecule has 0 radical (unpaired) electrons. The maximum Gasteiger partial charge on any atom is 0.280 e. The van der Waals surface area contributed by atoms with E-state index < -0.39 is 18.0 Å². The van der Waals surface area contributed by atoms with Crippen molar-refractivity contribution in [3.63, 3.8) is 0 Å². The number of methoxy groups -OCH3 is 1. The van der Waals surface area contributed by atoms with E-state index in [0.717, 1.165) is 24.2 Å². The Morgan fingerprint density at radius 3 is 2.76 bits per heavy atom. The number of ether oxygens (including phenoxy) is 1. The van der Waals surface area contributed by atoms with Crippen molar-refractivity contribution in [1.82, 2.24) is 25.3 Å². The van der Waals surface area contributed by atoms with Crippen molar-refractivity contribution < 1.29 is 18.3 Å². The summed E-state index contributed by atoms with van der Waals surface area (Å²) in [4.78, 5) is 21.8. The highest BCUT2D eigenvalue weighted by Gasteiger charge is 2.25. The standard InChI is InChI=1S/C26H24F2N6O2S/c1-14-30-21(13-34(14)2)16-7-8-17(18(10-16)19-11-20(24(27)28)29-12-22(19)36-3)25(35)31-26-33-32-23(37-26)9-6-15-4-5-15/h7-8,10-13,15,23-24,32H,4-5H2,1-3H3,(H,31,33,35). The number of hydrazone groups is 1. The molecular formula is C26H24F2N6O2S. The van der Waals surface area contributed by atoms with Crippen LogP contribution in [0.2, 0.25) is 0 Å². The van der Waals surface area contributed by atoms with Crippen molar-refractivity contribution in [2.24, 2.45) is 18.1 Å². The summed E-state index contributed by atoms with van der Waals surface area (Å²) >= 11 is 1.31. The van der Waals surface area contributed by atoms with Gasteiger partial charge in [-0.3, -0.25) is 20.5 Å². The summed E-state index contributed by atoms with van der Waals surface area (Å²) in [7, 11) is 3.30. The zero-order valence-corrected chi connectivity index (χ0v) is 21.2. The van der Waals surface area contributed by atoms with E-state index in [1.807, 2.05) is 24.7 Å². The number of amidine groups is 1. The number of nitrogens with one attached hydrogen (secondary N) is 2. The molecule has 1 aliphatic heterocycles. The van der Waals surface area contributed by atoms with E-state index in [0.29, 0.717) is 27.9 Å². The first-order valence-electron chi connectivity index (χ1n) is 11.6. The number of rotatable bonds is 5. The number of hydrogen-bond donors (Lipinski definition) is 2. The highest BCUT2D eigenvalue weighted by atomic mass is 32.2. The molecule has 37 heavy (non-hydrogen) atoms. The van der Waals surface area contributed by atoms with Crippen molar-refractivity contribution in [3.8, 4) is 40.0 Å². The van der Waals surface area contributed by atoms with Crippen LogP contribution in [0.25, 0.3) is 22.4 Å². The molecule has 1 saturated carbocycles. The first-order chi connectivity index (χ1) is 17.8. The number of halogens is 2. The van der Waals surface area contributed by atoms with E-state index in [1.54, 1.807) is 18.2 Å². The number of hydrogen-bond acceptors (Lipinski definition) is 7.